The van der Waals surface area contributed by atoms with Gasteiger partial charge in [-0.2, -0.15) is 4.31 Å². The lowest BCUT2D eigenvalue weighted by molar-refractivity contribution is -0.120. The summed E-state index contributed by atoms with van der Waals surface area (Å²) in [5.74, 6) is -0.957. The SMILES string of the molecule is COc1ccc(S(=O)(=O)N2CCCC(C(=O)Nc3ccc(C(N)=O)cc3)C2)cc1Cl. The minimum atomic E-state index is -3.80. The molecule has 2 amide bonds. The van der Waals surface area contributed by atoms with Gasteiger partial charge < -0.3 is 15.8 Å². The predicted molar refractivity (Wildman–Crippen MR) is 113 cm³/mol. The number of carbonyl (C=O) groups excluding carboxylic acids is 2. The van der Waals surface area contributed by atoms with Crippen LogP contribution in [0.2, 0.25) is 5.02 Å². The van der Waals surface area contributed by atoms with Crippen LogP contribution in [0.1, 0.15) is 23.2 Å². The molecule has 160 valence electrons. The van der Waals surface area contributed by atoms with E-state index in [2.05, 4.69) is 5.32 Å². The maximum atomic E-state index is 13.0. The number of nitrogens with zero attached hydrogens (tertiary/aromatic N) is 1. The van der Waals surface area contributed by atoms with Gasteiger partial charge in [0.2, 0.25) is 21.8 Å². The fourth-order valence-corrected chi connectivity index (χ4v) is 5.17. The van der Waals surface area contributed by atoms with Crippen molar-refractivity contribution >= 4 is 39.1 Å². The summed E-state index contributed by atoms with van der Waals surface area (Å²) in [5, 5.41) is 2.96. The fraction of sp³-hybridized carbons (Fsp3) is 0.300. The molecule has 1 aliphatic heterocycles. The summed E-state index contributed by atoms with van der Waals surface area (Å²) >= 11 is 6.07. The van der Waals surface area contributed by atoms with E-state index in [1.165, 1.54) is 41.7 Å². The average molecular weight is 452 g/mol. The smallest absolute Gasteiger partial charge is 0.248 e. The van der Waals surface area contributed by atoms with E-state index in [1.807, 2.05) is 0 Å². The number of sulfonamides is 1. The summed E-state index contributed by atoms with van der Waals surface area (Å²) in [6.45, 7) is 0.389. The van der Waals surface area contributed by atoms with Crippen molar-refractivity contribution < 1.29 is 22.7 Å². The lowest BCUT2D eigenvalue weighted by Crippen LogP contribution is -2.43. The van der Waals surface area contributed by atoms with Crippen molar-refractivity contribution in [3.63, 3.8) is 0 Å². The Morgan fingerprint density at radius 2 is 1.90 bits per heavy atom. The molecule has 0 radical (unpaired) electrons. The van der Waals surface area contributed by atoms with Crippen LogP contribution in [-0.4, -0.2) is 44.7 Å². The number of carbonyl (C=O) groups is 2. The van der Waals surface area contributed by atoms with Gasteiger partial charge in [0, 0.05) is 24.3 Å². The van der Waals surface area contributed by atoms with Crippen LogP contribution in [-0.2, 0) is 14.8 Å². The van der Waals surface area contributed by atoms with Crippen LogP contribution in [0.25, 0.3) is 0 Å². The maximum absolute atomic E-state index is 13.0. The van der Waals surface area contributed by atoms with E-state index in [-0.39, 0.29) is 22.4 Å². The average Bonchev–Trinajstić information content (AvgIpc) is 2.74. The molecule has 10 heteroatoms. The van der Waals surface area contributed by atoms with Crippen molar-refractivity contribution in [3.05, 3.63) is 53.1 Å². The van der Waals surface area contributed by atoms with Gasteiger partial charge in [-0.15, -0.1) is 0 Å². The van der Waals surface area contributed by atoms with Gasteiger partial charge in [0.25, 0.3) is 0 Å². The zero-order valence-corrected chi connectivity index (χ0v) is 17.9. The van der Waals surface area contributed by atoms with Crippen molar-refractivity contribution in [3.8, 4) is 5.75 Å². The van der Waals surface area contributed by atoms with Gasteiger partial charge in [-0.3, -0.25) is 9.59 Å². The Morgan fingerprint density at radius 1 is 1.20 bits per heavy atom. The standard InChI is InChI=1S/C20H22ClN3O5S/c1-29-18-9-8-16(11-17(18)21)30(27,28)24-10-2-3-14(12-24)20(26)23-15-6-4-13(5-7-15)19(22)25/h4-9,11,14H,2-3,10,12H2,1H3,(H2,22,25)(H,23,26). The molecule has 3 N–H and O–H groups in total. The van der Waals surface area contributed by atoms with Gasteiger partial charge in [-0.25, -0.2) is 8.42 Å². The molecular weight excluding hydrogens is 430 g/mol. The molecule has 3 rings (SSSR count). The first kappa shape index (κ1) is 22.1. The second-order valence-electron chi connectivity index (χ2n) is 6.93. The molecule has 1 atom stereocenters. The third-order valence-corrected chi connectivity index (χ3v) is 7.11. The molecule has 1 saturated heterocycles. The summed E-state index contributed by atoms with van der Waals surface area (Å²) in [6, 6.07) is 10.5. The summed E-state index contributed by atoms with van der Waals surface area (Å²) in [6.07, 6.45) is 1.13. The van der Waals surface area contributed by atoms with E-state index >= 15 is 0 Å². The molecule has 0 spiro atoms. The molecule has 1 aliphatic rings. The van der Waals surface area contributed by atoms with Crippen LogP contribution in [0.15, 0.2) is 47.4 Å². The first-order chi connectivity index (χ1) is 14.2. The highest BCUT2D eigenvalue weighted by Crippen LogP contribution is 2.30. The molecule has 0 aliphatic carbocycles. The maximum Gasteiger partial charge on any atom is 0.248 e. The lowest BCUT2D eigenvalue weighted by Gasteiger charge is -2.31. The number of anilines is 1. The number of amides is 2. The van der Waals surface area contributed by atoms with Gasteiger partial charge >= 0.3 is 0 Å². The van der Waals surface area contributed by atoms with Crippen molar-refractivity contribution in [1.82, 2.24) is 4.31 Å². The Hall–Kier alpha value is -2.62. The Balaban J connectivity index is 1.71. The van der Waals surface area contributed by atoms with E-state index in [0.29, 0.717) is 36.4 Å². The van der Waals surface area contributed by atoms with E-state index in [4.69, 9.17) is 22.1 Å². The number of primary amides is 1. The van der Waals surface area contributed by atoms with Crippen molar-refractivity contribution in [2.45, 2.75) is 17.7 Å². The highest BCUT2D eigenvalue weighted by molar-refractivity contribution is 7.89. The van der Waals surface area contributed by atoms with Crippen LogP contribution in [0.5, 0.6) is 5.75 Å². The molecule has 2 aromatic carbocycles. The Kier molecular flexibility index (Phi) is 6.64. The largest absolute Gasteiger partial charge is 0.495 e. The van der Waals surface area contributed by atoms with Gasteiger partial charge in [-0.1, -0.05) is 11.6 Å². The third kappa shape index (κ3) is 4.75. The highest BCUT2D eigenvalue weighted by atomic mass is 35.5. The molecular formula is C20H22ClN3O5S. The predicted octanol–water partition coefficient (Wildman–Crippen LogP) is 2.49. The minimum absolute atomic E-state index is 0.0522. The van der Waals surface area contributed by atoms with E-state index in [0.717, 1.165) is 0 Å². The summed E-state index contributed by atoms with van der Waals surface area (Å²) in [4.78, 5) is 23.9. The van der Waals surface area contributed by atoms with Crippen LogP contribution < -0.4 is 15.8 Å². The molecule has 2 aromatic rings. The topological polar surface area (TPSA) is 119 Å². The van der Waals surface area contributed by atoms with Crippen molar-refractivity contribution in [2.24, 2.45) is 11.7 Å². The van der Waals surface area contributed by atoms with Crippen LogP contribution in [0, 0.1) is 5.92 Å². The summed E-state index contributed by atoms with van der Waals surface area (Å²) in [5.41, 5.74) is 6.05. The number of nitrogens with two attached hydrogens (primary N) is 1. The van der Waals surface area contributed by atoms with E-state index in [9.17, 15) is 18.0 Å². The molecule has 1 unspecified atom stereocenters. The molecule has 1 fully saturated rings. The third-order valence-electron chi connectivity index (χ3n) is 4.95. The van der Waals surface area contributed by atoms with Gasteiger partial charge in [-0.05, 0) is 55.3 Å². The number of nitrogens with one attached hydrogen (secondary N) is 1. The zero-order chi connectivity index (χ0) is 21.9. The van der Waals surface area contributed by atoms with Crippen LogP contribution >= 0.6 is 11.6 Å². The number of methoxy groups -OCH3 is 1. The number of piperidine rings is 1. The van der Waals surface area contributed by atoms with Crippen molar-refractivity contribution in [2.75, 3.05) is 25.5 Å². The second-order valence-corrected chi connectivity index (χ2v) is 9.27. The molecule has 0 saturated carbocycles. The first-order valence-corrected chi connectivity index (χ1v) is 11.1. The van der Waals surface area contributed by atoms with Gasteiger partial charge in [0.15, 0.2) is 0 Å². The molecule has 30 heavy (non-hydrogen) atoms. The number of hydrogen-bond acceptors (Lipinski definition) is 5. The minimum Gasteiger partial charge on any atom is -0.495 e. The number of benzene rings is 2. The second kappa shape index (κ2) is 9.03. The van der Waals surface area contributed by atoms with E-state index < -0.39 is 21.8 Å². The number of halogens is 1. The monoisotopic (exact) mass is 451 g/mol. The molecule has 8 nitrogen and oxygen atoms in total. The fourth-order valence-electron chi connectivity index (χ4n) is 3.29. The Morgan fingerprint density at radius 3 is 2.50 bits per heavy atom. The highest BCUT2D eigenvalue weighted by Gasteiger charge is 2.33. The quantitative estimate of drug-likeness (QED) is 0.699. The number of rotatable bonds is 6. The molecule has 1 heterocycles. The van der Waals surface area contributed by atoms with Crippen molar-refractivity contribution in [1.29, 1.82) is 0 Å². The first-order valence-electron chi connectivity index (χ1n) is 9.27. The van der Waals surface area contributed by atoms with Gasteiger partial charge in [0.05, 0.1) is 22.9 Å². The lowest BCUT2D eigenvalue weighted by atomic mass is 9.98. The number of ether oxygens (including phenoxy) is 1. The molecule has 0 aromatic heterocycles. The Bertz CT molecular complexity index is 1060. The Labute approximate surface area is 180 Å². The summed E-state index contributed by atoms with van der Waals surface area (Å²) in [7, 11) is -2.35. The zero-order valence-electron chi connectivity index (χ0n) is 16.3. The molecule has 0 bridgehead atoms. The normalized spacial score (nSPS) is 17.3. The van der Waals surface area contributed by atoms with Gasteiger partial charge in [0.1, 0.15) is 5.75 Å². The summed E-state index contributed by atoms with van der Waals surface area (Å²) < 4.78 is 32.4. The van der Waals surface area contributed by atoms with Crippen LogP contribution in [0.4, 0.5) is 5.69 Å². The van der Waals surface area contributed by atoms with Crippen LogP contribution in [0.3, 0.4) is 0 Å². The number of hydrogen-bond donors (Lipinski definition) is 2. The van der Waals surface area contributed by atoms with E-state index in [1.54, 1.807) is 12.1 Å².